The molecular formula is C27H28FN3O3. The maximum absolute atomic E-state index is 13.5. The number of allylic oxidation sites excluding steroid dienone is 5. The van der Waals surface area contributed by atoms with Crippen LogP contribution in [0.4, 0.5) is 15.8 Å². The molecular weight excluding hydrogens is 433 g/mol. The molecule has 34 heavy (non-hydrogen) atoms. The number of benzene rings is 2. The molecule has 0 fully saturated rings. The van der Waals surface area contributed by atoms with E-state index in [9.17, 15) is 9.18 Å². The molecule has 4 rings (SSSR count). The molecule has 1 heterocycles. The second-order valence-corrected chi connectivity index (χ2v) is 8.37. The van der Waals surface area contributed by atoms with Gasteiger partial charge in [0.15, 0.2) is 0 Å². The molecule has 6 nitrogen and oxygen atoms in total. The van der Waals surface area contributed by atoms with Crippen molar-refractivity contribution in [3.05, 3.63) is 88.9 Å². The minimum absolute atomic E-state index is 0.00753. The number of nitrogens with zero attached hydrogens (tertiary/aromatic N) is 1. The monoisotopic (exact) mass is 461 g/mol. The lowest BCUT2D eigenvalue weighted by atomic mass is 10.0. The van der Waals surface area contributed by atoms with Crippen LogP contribution in [0.1, 0.15) is 36.1 Å². The summed E-state index contributed by atoms with van der Waals surface area (Å²) in [5.74, 6) is 0.192. The van der Waals surface area contributed by atoms with E-state index in [1.165, 1.54) is 25.5 Å². The Bertz CT molecular complexity index is 1200. The van der Waals surface area contributed by atoms with Crippen LogP contribution in [0.2, 0.25) is 0 Å². The van der Waals surface area contributed by atoms with E-state index >= 15 is 0 Å². The van der Waals surface area contributed by atoms with Gasteiger partial charge in [-0.25, -0.2) is 4.39 Å². The summed E-state index contributed by atoms with van der Waals surface area (Å²) in [5.41, 5.74) is 4.94. The minimum atomic E-state index is -0.366. The number of aryl methyl sites for hydroxylation is 1. The number of amides is 1. The van der Waals surface area contributed by atoms with Gasteiger partial charge in [0.2, 0.25) is 0 Å². The zero-order valence-electron chi connectivity index (χ0n) is 19.5. The molecule has 0 bridgehead atoms. The number of carbonyl (C=O) groups is 1. The number of rotatable bonds is 7. The average Bonchev–Trinajstić information content (AvgIpc) is 2.93. The lowest BCUT2D eigenvalue weighted by Gasteiger charge is -2.26. The fraction of sp³-hybridized carbons (Fsp3) is 0.259. The Morgan fingerprint density at radius 2 is 2.06 bits per heavy atom. The van der Waals surface area contributed by atoms with E-state index in [2.05, 4.69) is 5.32 Å². The highest BCUT2D eigenvalue weighted by molar-refractivity contribution is 5.97. The van der Waals surface area contributed by atoms with Gasteiger partial charge in [-0.2, -0.15) is 0 Å². The summed E-state index contributed by atoms with van der Waals surface area (Å²) in [5, 5.41) is 11.1. The molecule has 1 aliphatic heterocycles. The Balaban J connectivity index is 1.59. The largest absolute Gasteiger partial charge is 0.483 e. The van der Waals surface area contributed by atoms with Crippen molar-refractivity contribution in [3.63, 3.8) is 0 Å². The number of ether oxygens (including phenoxy) is 2. The van der Waals surface area contributed by atoms with E-state index < -0.39 is 0 Å². The Morgan fingerprint density at radius 3 is 2.82 bits per heavy atom. The van der Waals surface area contributed by atoms with Crippen LogP contribution in [0, 0.1) is 12.3 Å². The topological polar surface area (TPSA) is 74.7 Å². The standard InChI is InChI=1S/C27H28FN3O3/c1-17-7-12-25-23(13-17)27(18(2)31(25)26(32)16-33-3)34-22-10-11-24(19(14-22)15-29)30-21-6-4-5-20(28)8-9-21/h5-15,18,27,29-30H,4,16H2,1-3H3/t18?,27-/m0/s1. The van der Waals surface area contributed by atoms with Gasteiger partial charge < -0.3 is 25.1 Å². The quantitative estimate of drug-likeness (QED) is 0.526. The van der Waals surface area contributed by atoms with E-state index in [1.807, 2.05) is 50.3 Å². The molecule has 2 N–H and O–H groups in total. The zero-order valence-corrected chi connectivity index (χ0v) is 19.5. The summed E-state index contributed by atoms with van der Waals surface area (Å²) in [6.45, 7) is 3.96. The molecule has 0 saturated heterocycles. The predicted octanol–water partition coefficient (Wildman–Crippen LogP) is 5.60. The molecule has 0 radical (unpaired) electrons. The van der Waals surface area contributed by atoms with Crippen molar-refractivity contribution in [2.45, 2.75) is 32.4 Å². The Morgan fingerprint density at radius 1 is 1.24 bits per heavy atom. The third-order valence-corrected chi connectivity index (χ3v) is 5.92. The van der Waals surface area contributed by atoms with Crippen molar-refractivity contribution in [1.82, 2.24) is 0 Å². The third-order valence-electron chi connectivity index (χ3n) is 5.92. The van der Waals surface area contributed by atoms with Gasteiger partial charge in [-0.15, -0.1) is 0 Å². The first kappa shape index (κ1) is 23.4. The van der Waals surface area contributed by atoms with Crippen LogP contribution in [0.5, 0.6) is 5.75 Å². The van der Waals surface area contributed by atoms with E-state index in [1.54, 1.807) is 17.0 Å². The van der Waals surface area contributed by atoms with Gasteiger partial charge in [-0.3, -0.25) is 4.79 Å². The molecule has 7 heteroatoms. The number of fused-ring (bicyclic) bond motifs is 1. The lowest BCUT2D eigenvalue weighted by Crippen LogP contribution is -2.40. The second kappa shape index (κ2) is 10.1. The van der Waals surface area contributed by atoms with Crippen LogP contribution in [0.25, 0.3) is 0 Å². The third kappa shape index (κ3) is 4.79. The van der Waals surface area contributed by atoms with Crippen LogP contribution >= 0.6 is 0 Å². The van der Waals surface area contributed by atoms with E-state index in [-0.39, 0.29) is 30.5 Å². The number of anilines is 2. The number of hydrogen-bond donors (Lipinski definition) is 2. The molecule has 0 saturated carbocycles. The first-order valence-corrected chi connectivity index (χ1v) is 11.1. The first-order valence-electron chi connectivity index (χ1n) is 11.1. The van der Waals surface area contributed by atoms with Crippen molar-refractivity contribution < 1.29 is 18.7 Å². The lowest BCUT2D eigenvalue weighted by molar-refractivity contribution is -0.122. The molecule has 1 unspecified atom stereocenters. The molecule has 2 aliphatic rings. The number of nitrogens with one attached hydrogen (secondary N) is 2. The van der Waals surface area contributed by atoms with E-state index in [4.69, 9.17) is 14.9 Å². The van der Waals surface area contributed by atoms with Gasteiger partial charge in [0.25, 0.3) is 5.91 Å². The molecule has 2 aromatic carbocycles. The van der Waals surface area contributed by atoms with Crippen molar-refractivity contribution in [3.8, 4) is 5.75 Å². The molecule has 2 aromatic rings. The number of hydrogen-bond acceptors (Lipinski definition) is 5. The van der Waals surface area contributed by atoms with Crippen molar-refractivity contribution in [2.75, 3.05) is 23.9 Å². The summed E-state index contributed by atoms with van der Waals surface area (Å²) >= 11 is 0. The molecule has 2 atom stereocenters. The smallest absolute Gasteiger partial charge is 0.253 e. The summed E-state index contributed by atoms with van der Waals surface area (Å²) in [6.07, 6.45) is 7.83. The Hall–Kier alpha value is -3.71. The van der Waals surface area contributed by atoms with Gasteiger partial charge in [-0.05, 0) is 62.8 Å². The number of carbonyl (C=O) groups excluding carboxylic acids is 1. The van der Waals surface area contributed by atoms with E-state index in [0.717, 1.165) is 22.5 Å². The van der Waals surface area contributed by atoms with Crippen LogP contribution in [0.15, 0.2) is 72.2 Å². The number of methoxy groups -OCH3 is 1. The van der Waals surface area contributed by atoms with Crippen LogP contribution < -0.4 is 15.0 Å². The van der Waals surface area contributed by atoms with Crippen LogP contribution in [0.3, 0.4) is 0 Å². The zero-order chi connectivity index (χ0) is 24.2. The maximum Gasteiger partial charge on any atom is 0.253 e. The van der Waals surface area contributed by atoms with Crippen molar-refractivity contribution >= 4 is 23.5 Å². The minimum Gasteiger partial charge on any atom is -0.483 e. The second-order valence-electron chi connectivity index (χ2n) is 8.37. The highest BCUT2D eigenvalue weighted by Gasteiger charge is 2.40. The van der Waals surface area contributed by atoms with Gasteiger partial charge in [0.05, 0.1) is 11.7 Å². The summed E-state index contributed by atoms with van der Waals surface area (Å²) in [4.78, 5) is 14.5. The molecule has 176 valence electrons. The molecule has 0 spiro atoms. The van der Waals surface area contributed by atoms with Gasteiger partial charge in [0.1, 0.15) is 24.3 Å². The number of halogens is 1. The normalized spacial score (nSPS) is 19.1. The van der Waals surface area contributed by atoms with Gasteiger partial charge >= 0.3 is 0 Å². The summed E-state index contributed by atoms with van der Waals surface area (Å²) in [6, 6.07) is 11.2. The van der Waals surface area contributed by atoms with Gasteiger partial charge in [-0.1, -0.05) is 23.8 Å². The molecule has 1 amide bonds. The Kier molecular flexibility index (Phi) is 6.93. The highest BCUT2D eigenvalue weighted by atomic mass is 19.1. The first-order chi connectivity index (χ1) is 16.4. The van der Waals surface area contributed by atoms with Crippen molar-refractivity contribution in [1.29, 1.82) is 5.41 Å². The molecule has 1 aliphatic carbocycles. The van der Waals surface area contributed by atoms with E-state index in [0.29, 0.717) is 23.4 Å². The average molecular weight is 462 g/mol. The highest BCUT2D eigenvalue weighted by Crippen LogP contribution is 2.43. The summed E-state index contributed by atoms with van der Waals surface area (Å²) < 4.78 is 24.9. The Labute approximate surface area is 198 Å². The molecule has 0 aromatic heterocycles. The summed E-state index contributed by atoms with van der Waals surface area (Å²) in [7, 11) is 1.51. The van der Waals surface area contributed by atoms with Crippen molar-refractivity contribution in [2.24, 2.45) is 0 Å². The fourth-order valence-corrected chi connectivity index (χ4v) is 4.30. The van der Waals surface area contributed by atoms with Gasteiger partial charge in [0, 0.05) is 35.8 Å². The predicted molar refractivity (Wildman–Crippen MR) is 132 cm³/mol. The fourth-order valence-electron chi connectivity index (χ4n) is 4.30. The van der Waals surface area contributed by atoms with Crippen LogP contribution in [-0.4, -0.2) is 31.9 Å². The van der Waals surface area contributed by atoms with Crippen LogP contribution in [-0.2, 0) is 9.53 Å². The SMILES string of the molecule is COCC(=O)N1c2ccc(C)cc2[C@@H](Oc2ccc(NC3=CCC=C(F)C=C3)c(C=N)c2)C1C. The maximum atomic E-state index is 13.5.